The number of nitrogens with one attached hydrogen (secondary N) is 2. The van der Waals surface area contributed by atoms with E-state index in [9.17, 15) is 0 Å². The third kappa shape index (κ3) is 4.43. The highest BCUT2D eigenvalue weighted by atomic mass is 127. The van der Waals surface area contributed by atoms with Gasteiger partial charge in [-0.05, 0) is 31.9 Å². The molecule has 1 aromatic heterocycles. The lowest BCUT2D eigenvalue weighted by atomic mass is 10.3. The monoisotopic (exact) mass is 412 g/mol. The third-order valence-electron chi connectivity index (χ3n) is 3.29. The number of rotatable bonds is 5. The molecule has 0 bridgehead atoms. The molecule has 0 aliphatic heterocycles. The summed E-state index contributed by atoms with van der Waals surface area (Å²) in [6.07, 6.45) is 4.18. The summed E-state index contributed by atoms with van der Waals surface area (Å²) in [7, 11) is 0. The van der Waals surface area contributed by atoms with Crippen LogP contribution in [0.2, 0.25) is 0 Å². The lowest BCUT2D eigenvalue weighted by molar-refractivity contribution is 0.791. The van der Waals surface area contributed by atoms with Gasteiger partial charge < -0.3 is 10.6 Å². The van der Waals surface area contributed by atoms with Crippen molar-refractivity contribution >= 4 is 29.9 Å². The number of aromatic nitrogens is 3. The fraction of sp³-hybridized carbons (Fsp3) is 0.400. The van der Waals surface area contributed by atoms with Crippen LogP contribution in [0.1, 0.15) is 25.6 Å². The topological polar surface area (TPSA) is 67.1 Å². The van der Waals surface area contributed by atoms with Crippen molar-refractivity contribution in [2.45, 2.75) is 32.4 Å². The normalized spacial score (nSPS) is 14.3. The third-order valence-corrected chi connectivity index (χ3v) is 3.29. The molecular formula is C15H21IN6. The van der Waals surface area contributed by atoms with E-state index in [-0.39, 0.29) is 24.0 Å². The predicted molar refractivity (Wildman–Crippen MR) is 97.7 cm³/mol. The van der Waals surface area contributed by atoms with Crippen LogP contribution in [0.15, 0.2) is 41.7 Å². The Labute approximate surface area is 147 Å². The van der Waals surface area contributed by atoms with Gasteiger partial charge in [-0.15, -0.1) is 34.2 Å². The average molecular weight is 412 g/mol. The van der Waals surface area contributed by atoms with Crippen molar-refractivity contribution in [3.63, 3.8) is 0 Å². The second-order valence-electron chi connectivity index (χ2n) is 5.07. The van der Waals surface area contributed by atoms with E-state index in [0.717, 1.165) is 24.0 Å². The molecule has 2 N–H and O–H groups in total. The Kier molecular flexibility index (Phi) is 6.17. The highest BCUT2D eigenvalue weighted by molar-refractivity contribution is 14.0. The summed E-state index contributed by atoms with van der Waals surface area (Å²) in [6, 6.07) is 10.6. The number of nitrogens with zero attached hydrogens (tertiary/aromatic N) is 4. The number of hydrogen-bond donors (Lipinski definition) is 2. The summed E-state index contributed by atoms with van der Waals surface area (Å²) in [5.41, 5.74) is 1.05. The van der Waals surface area contributed by atoms with Gasteiger partial charge in [0.15, 0.2) is 11.8 Å². The lowest BCUT2D eigenvalue weighted by Gasteiger charge is -2.10. The van der Waals surface area contributed by atoms with Crippen LogP contribution in [0.4, 0.5) is 0 Å². The van der Waals surface area contributed by atoms with Gasteiger partial charge in [-0.25, -0.2) is 4.99 Å². The van der Waals surface area contributed by atoms with E-state index in [1.807, 2.05) is 34.9 Å². The van der Waals surface area contributed by atoms with Gasteiger partial charge >= 0.3 is 0 Å². The van der Waals surface area contributed by atoms with E-state index in [1.165, 1.54) is 12.8 Å². The molecule has 1 aliphatic rings. The second-order valence-corrected chi connectivity index (χ2v) is 5.07. The Balaban J connectivity index is 0.00000176. The van der Waals surface area contributed by atoms with Crippen molar-refractivity contribution in [3.8, 4) is 5.69 Å². The second kappa shape index (κ2) is 8.11. The Hall–Kier alpha value is -1.64. The minimum Gasteiger partial charge on any atom is -0.357 e. The number of aliphatic imine (C=N–C) groups is 1. The summed E-state index contributed by atoms with van der Waals surface area (Å²) in [5.74, 6) is 1.68. The lowest BCUT2D eigenvalue weighted by Crippen LogP contribution is -2.38. The molecule has 0 amide bonds. The molecule has 3 rings (SSSR count). The highest BCUT2D eigenvalue weighted by Crippen LogP contribution is 2.18. The first-order valence-corrected chi connectivity index (χ1v) is 7.36. The molecule has 1 fully saturated rings. The van der Waals surface area contributed by atoms with E-state index >= 15 is 0 Å². The maximum atomic E-state index is 4.59. The minimum absolute atomic E-state index is 0. The van der Waals surface area contributed by atoms with Gasteiger partial charge in [-0.2, -0.15) is 0 Å². The van der Waals surface area contributed by atoms with Crippen molar-refractivity contribution in [1.29, 1.82) is 0 Å². The number of para-hydroxylation sites is 1. The van der Waals surface area contributed by atoms with Crippen LogP contribution in [0.5, 0.6) is 0 Å². The van der Waals surface area contributed by atoms with Gasteiger partial charge in [0.05, 0.1) is 0 Å². The Morgan fingerprint density at radius 1 is 1.32 bits per heavy atom. The van der Waals surface area contributed by atoms with Crippen molar-refractivity contribution in [2.75, 3.05) is 6.54 Å². The molecule has 0 atom stereocenters. The van der Waals surface area contributed by atoms with Gasteiger partial charge in [0.25, 0.3) is 0 Å². The van der Waals surface area contributed by atoms with Gasteiger partial charge in [-0.1, -0.05) is 18.2 Å². The molecule has 0 saturated heterocycles. The van der Waals surface area contributed by atoms with E-state index in [4.69, 9.17) is 0 Å². The largest absolute Gasteiger partial charge is 0.357 e. The molecular weight excluding hydrogens is 391 g/mol. The molecule has 2 aromatic rings. The van der Waals surface area contributed by atoms with Gasteiger partial charge in [0, 0.05) is 18.3 Å². The zero-order chi connectivity index (χ0) is 14.5. The fourth-order valence-corrected chi connectivity index (χ4v) is 2.06. The molecule has 22 heavy (non-hydrogen) atoms. The van der Waals surface area contributed by atoms with E-state index < -0.39 is 0 Å². The summed E-state index contributed by atoms with van der Waals surface area (Å²) >= 11 is 0. The SMILES string of the molecule is CCNC(=NCc1nncn1-c1ccccc1)NC1CC1.I. The smallest absolute Gasteiger partial charge is 0.191 e. The van der Waals surface area contributed by atoms with Gasteiger partial charge in [0.1, 0.15) is 12.9 Å². The van der Waals surface area contributed by atoms with Crippen LogP contribution in [0, 0.1) is 0 Å². The maximum absolute atomic E-state index is 4.59. The predicted octanol–water partition coefficient (Wildman–Crippen LogP) is 2.10. The molecule has 1 saturated carbocycles. The standard InChI is InChI=1S/C15H20N6.HI/c1-2-16-15(19-12-8-9-12)17-10-14-20-18-11-21(14)13-6-4-3-5-7-13;/h3-7,11-12H,2,8-10H2,1H3,(H2,16,17,19);1H. The minimum atomic E-state index is 0. The quantitative estimate of drug-likeness (QED) is 0.449. The Morgan fingerprint density at radius 3 is 2.77 bits per heavy atom. The van der Waals surface area contributed by atoms with E-state index in [2.05, 4.69) is 32.7 Å². The van der Waals surface area contributed by atoms with Gasteiger partial charge in [0.2, 0.25) is 0 Å². The number of guanidine groups is 1. The van der Waals surface area contributed by atoms with Crippen molar-refractivity contribution < 1.29 is 0 Å². The first-order valence-electron chi connectivity index (χ1n) is 7.36. The molecule has 1 aromatic carbocycles. The summed E-state index contributed by atoms with van der Waals surface area (Å²) in [4.78, 5) is 4.59. The van der Waals surface area contributed by atoms with Crippen LogP contribution in [0.25, 0.3) is 5.69 Å². The van der Waals surface area contributed by atoms with E-state index in [0.29, 0.717) is 12.6 Å². The molecule has 7 heteroatoms. The van der Waals surface area contributed by atoms with Crippen molar-refractivity contribution in [1.82, 2.24) is 25.4 Å². The van der Waals surface area contributed by atoms with Crippen LogP contribution in [-0.4, -0.2) is 33.3 Å². The van der Waals surface area contributed by atoms with Crippen LogP contribution in [-0.2, 0) is 6.54 Å². The zero-order valence-corrected chi connectivity index (χ0v) is 14.9. The van der Waals surface area contributed by atoms with E-state index in [1.54, 1.807) is 6.33 Å². The molecule has 1 aliphatic carbocycles. The number of halogens is 1. The maximum Gasteiger partial charge on any atom is 0.191 e. The zero-order valence-electron chi connectivity index (χ0n) is 12.6. The van der Waals surface area contributed by atoms with Crippen LogP contribution < -0.4 is 10.6 Å². The first kappa shape index (κ1) is 16.7. The molecule has 1 heterocycles. The molecule has 0 radical (unpaired) electrons. The molecule has 6 nitrogen and oxygen atoms in total. The number of hydrogen-bond acceptors (Lipinski definition) is 3. The average Bonchev–Trinajstić information content (AvgIpc) is 3.20. The Bertz CT molecular complexity index is 606. The highest BCUT2D eigenvalue weighted by Gasteiger charge is 2.22. The summed E-state index contributed by atoms with van der Waals surface area (Å²) in [5, 5.41) is 14.8. The summed E-state index contributed by atoms with van der Waals surface area (Å²) < 4.78 is 1.96. The molecule has 0 unspecified atom stereocenters. The molecule has 118 valence electrons. The van der Waals surface area contributed by atoms with Crippen LogP contribution >= 0.6 is 24.0 Å². The van der Waals surface area contributed by atoms with Crippen molar-refractivity contribution in [2.24, 2.45) is 4.99 Å². The molecule has 0 spiro atoms. The van der Waals surface area contributed by atoms with Crippen molar-refractivity contribution in [3.05, 3.63) is 42.5 Å². The fourth-order valence-electron chi connectivity index (χ4n) is 2.06. The Morgan fingerprint density at radius 2 is 2.09 bits per heavy atom. The summed E-state index contributed by atoms with van der Waals surface area (Å²) in [6.45, 7) is 3.41. The van der Waals surface area contributed by atoms with Crippen LogP contribution in [0.3, 0.4) is 0 Å². The number of benzene rings is 1. The van der Waals surface area contributed by atoms with Gasteiger partial charge in [-0.3, -0.25) is 4.57 Å². The first-order chi connectivity index (χ1) is 10.4.